The van der Waals surface area contributed by atoms with Gasteiger partial charge in [-0.1, -0.05) is 12.1 Å². The molecule has 190 valence electrons. The maximum Gasteiger partial charge on any atom is 0.311 e. The first-order valence-electron chi connectivity index (χ1n) is 11.6. The van der Waals surface area contributed by atoms with E-state index in [1.54, 1.807) is 67.8 Å². The number of anilines is 2. The van der Waals surface area contributed by atoms with Crippen LogP contribution in [0.15, 0.2) is 72.8 Å². The van der Waals surface area contributed by atoms with Gasteiger partial charge in [0.05, 0.1) is 13.0 Å². The summed E-state index contributed by atoms with van der Waals surface area (Å²) in [6.07, 6.45) is -0.00751. The lowest BCUT2D eigenvalue weighted by atomic mass is 10.1. The molecule has 0 radical (unpaired) electrons. The van der Waals surface area contributed by atoms with Crippen LogP contribution >= 0.6 is 0 Å². The number of nitrogens with zero attached hydrogens (tertiary/aromatic N) is 1. The monoisotopic (exact) mass is 502 g/mol. The van der Waals surface area contributed by atoms with Crippen molar-refractivity contribution < 1.29 is 33.4 Å². The summed E-state index contributed by atoms with van der Waals surface area (Å²) in [5.74, 6) is -0.376. The van der Waals surface area contributed by atoms with Gasteiger partial charge in [-0.15, -0.1) is 0 Å². The van der Waals surface area contributed by atoms with Gasteiger partial charge in [0, 0.05) is 29.9 Å². The molecule has 1 N–H and O–H groups in total. The molecular weight excluding hydrogens is 476 g/mol. The molecule has 37 heavy (non-hydrogen) atoms. The molecule has 0 saturated carbocycles. The second kappa shape index (κ2) is 11.4. The molecule has 9 heteroatoms. The van der Waals surface area contributed by atoms with Crippen LogP contribution in [0.4, 0.5) is 11.4 Å². The number of rotatable bonds is 9. The number of carbonyl (C=O) groups excluding carboxylic acids is 4. The Morgan fingerprint density at radius 2 is 1.62 bits per heavy atom. The van der Waals surface area contributed by atoms with E-state index in [0.29, 0.717) is 34.2 Å². The van der Waals surface area contributed by atoms with E-state index in [4.69, 9.17) is 14.2 Å². The molecule has 4 rings (SSSR count). The fraction of sp³-hybridized carbons (Fsp3) is 0.214. The number of ketones is 1. The third-order valence-corrected chi connectivity index (χ3v) is 5.82. The first-order valence-corrected chi connectivity index (χ1v) is 11.6. The molecule has 1 atom stereocenters. The molecule has 1 aliphatic heterocycles. The van der Waals surface area contributed by atoms with Gasteiger partial charge in [-0.05, 0) is 67.6 Å². The highest BCUT2D eigenvalue weighted by Gasteiger charge is 2.36. The maximum atomic E-state index is 12.6. The molecule has 2 amide bonds. The van der Waals surface area contributed by atoms with E-state index in [1.165, 1.54) is 11.8 Å². The molecule has 0 spiro atoms. The lowest BCUT2D eigenvalue weighted by Crippen LogP contribution is -2.28. The average molecular weight is 503 g/mol. The number of esters is 1. The van der Waals surface area contributed by atoms with Crippen LogP contribution in [0.2, 0.25) is 0 Å². The van der Waals surface area contributed by atoms with Gasteiger partial charge in [0.25, 0.3) is 5.91 Å². The lowest BCUT2D eigenvalue weighted by Gasteiger charge is -2.17. The van der Waals surface area contributed by atoms with Crippen molar-refractivity contribution in [2.75, 3.05) is 30.5 Å². The number of hydrogen-bond acceptors (Lipinski definition) is 7. The van der Waals surface area contributed by atoms with Crippen molar-refractivity contribution in [1.29, 1.82) is 0 Å². The van der Waals surface area contributed by atoms with Crippen molar-refractivity contribution in [2.45, 2.75) is 13.3 Å². The predicted octanol–water partition coefficient (Wildman–Crippen LogP) is 4.22. The first kappa shape index (κ1) is 25.4. The maximum absolute atomic E-state index is 12.6. The fourth-order valence-corrected chi connectivity index (χ4v) is 3.88. The minimum absolute atomic E-state index is 0.00751. The second-order valence-corrected chi connectivity index (χ2v) is 8.44. The zero-order valence-electron chi connectivity index (χ0n) is 20.4. The van der Waals surface area contributed by atoms with Gasteiger partial charge in [-0.2, -0.15) is 0 Å². The van der Waals surface area contributed by atoms with Crippen LogP contribution in [0.1, 0.15) is 23.7 Å². The summed E-state index contributed by atoms with van der Waals surface area (Å²) in [6.45, 7) is 1.13. The molecular formula is C28H26N2O7. The summed E-state index contributed by atoms with van der Waals surface area (Å²) < 4.78 is 16.3. The Morgan fingerprint density at radius 3 is 2.27 bits per heavy atom. The number of amides is 2. The highest BCUT2D eigenvalue weighted by atomic mass is 16.5. The van der Waals surface area contributed by atoms with E-state index in [0.717, 1.165) is 0 Å². The summed E-state index contributed by atoms with van der Waals surface area (Å²) in [5, 5.41) is 2.60. The molecule has 3 aromatic carbocycles. The molecule has 0 bridgehead atoms. The summed E-state index contributed by atoms with van der Waals surface area (Å²) in [7, 11) is 1.56. The van der Waals surface area contributed by atoms with Gasteiger partial charge < -0.3 is 24.4 Å². The quantitative estimate of drug-likeness (QED) is 0.344. The molecule has 0 aromatic heterocycles. The Bertz CT molecular complexity index is 1300. The second-order valence-electron chi connectivity index (χ2n) is 8.44. The SMILES string of the molecule is COc1ccccc1Oc1ccc(N2C[C@@H](C(=O)OCC(=O)Nc3ccc(C(C)=O)cc3)CC2=O)cc1. The van der Waals surface area contributed by atoms with E-state index < -0.39 is 24.4 Å². The number of hydrogen-bond donors (Lipinski definition) is 1. The number of para-hydroxylation sites is 2. The highest BCUT2D eigenvalue weighted by Crippen LogP contribution is 2.33. The molecule has 3 aromatic rings. The van der Waals surface area contributed by atoms with Crippen LogP contribution in [-0.2, 0) is 19.1 Å². The van der Waals surface area contributed by atoms with Crippen molar-refractivity contribution >= 4 is 34.9 Å². The topological polar surface area (TPSA) is 111 Å². The predicted molar refractivity (Wildman–Crippen MR) is 136 cm³/mol. The molecule has 0 unspecified atom stereocenters. The number of nitrogens with one attached hydrogen (secondary N) is 1. The van der Waals surface area contributed by atoms with Gasteiger partial charge in [0.1, 0.15) is 5.75 Å². The van der Waals surface area contributed by atoms with Crippen LogP contribution in [0.3, 0.4) is 0 Å². The van der Waals surface area contributed by atoms with Gasteiger partial charge in [-0.25, -0.2) is 0 Å². The highest BCUT2D eigenvalue weighted by molar-refractivity contribution is 6.00. The fourth-order valence-electron chi connectivity index (χ4n) is 3.88. The van der Waals surface area contributed by atoms with Gasteiger partial charge in [0.2, 0.25) is 5.91 Å². The largest absolute Gasteiger partial charge is 0.493 e. The van der Waals surface area contributed by atoms with Crippen LogP contribution < -0.4 is 19.7 Å². The van der Waals surface area contributed by atoms with Gasteiger partial charge in [0.15, 0.2) is 23.9 Å². The zero-order chi connectivity index (χ0) is 26.4. The van der Waals surface area contributed by atoms with Crippen LogP contribution in [0.5, 0.6) is 17.2 Å². The summed E-state index contributed by atoms with van der Waals surface area (Å²) in [6, 6.07) is 20.6. The van der Waals surface area contributed by atoms with Crippen LogP contribution in [-0.4, -0.2) is 43.8 Å². The number of methoxy groups -OCH3 is 1. The number of Topliss-reactive ketones (excluding diaryl/α,β-unsaturated/α-hetero) is 1. The van der Waals surface area contributed by atoms with Crippen molar-refractivity contribution in [3.63, 3.8) is 0 Å². The van der Waals surface area contributed by atoms with E-state index in [9.17, 15) is 19.2 Å². The molecule has 0 aliphatic carbocycles. The lowest BCUT2D eigenvalue weighted by molar-refractivity contribution is -0.151. The first-order chi connectivity index (χ1) is 17.8. The van der Waals surface area contributed by atoms with E-state index in [-0.39, 0.29) is 24.7 Å². The van der Waals surface area contributed by atoms with Crippen molar-refractivity contribution in [2.24, 2.45) is 5.92 Å². The molecule has 1 saturated heterocycles. The van der Waals surface area contributed by atoms with Crippen molar-refractivity contribution in [1.82, 2.24) is 0 Å². The Morgan fingerprint density at radius 1 is 0.946 bits per heavy atom. The Balaban J connectivity index is 1.29. The minimum atomic E-state index is -0.681. The number of carbonyl (C=O) groups is 4. The summed E-state index contributed by atoms with van der Waals surface area (Å²) >= 11 is 0. The van der Waals surface area contributed by atoms with Crippen LogP contribution in [0, 0.1) is 5.92 Å². The van der Waals surface area contributed by atoms with Gasteiger partial charge in [-0.3, -0.25) is 19.2 Å². The third-order valence-electron chi connectivity index (χ3n) is 5.82. The summed E-state index contributed by atoms with van der Waals surface area (Å²) in [4.78, 5) is 50.1. The van der Waals surface area contributed by atoms with Crippen LogP contribution in [0.25, 0.3) is 0 Å². The zero-order valence-corrected chi connectivity index (χ0v) is 20.4. The smallest absolute Gasteiger partial charge is 0.311 e. The molecule has 1 fully saturated rings. The van der Waals surface area contributed by atoms with Crippen molar-refractivity contribution in [3.8, 4) is 17.2 Å². The molecule has 9 nitrogen and oxygen atoms in total. The molecule has 1 heterocycles. The summed E-state index contributed by atoms with van der Waals surface area (Å²) in [5.41, 5.74) is 1.63. The Labute approximate surface area is 213 Å². The van der Waals surface area contributed by atoms with E-state index in [1.807, 2.05) is 12.1 Å². The normalized spacial score (nSPS) is 14.7. The molecule has 1 aliphatic rings. The Kier molecular flexibility index (Phi) is 7.83. The Hall–Kier alpha value is -4.66. The number of benzene rings is 3. The minimum Gasteiger partial charge on any atom is -0.493 e. The van der Waals surface area contributed by atoms with E-state index in [2.05, 4.69) is 5.32 Å². The average Bonchev–Trinajstić information content (AvgIpc) is 3.30. The van der Waals surface area contributed by atoms with E-state index >= 15 is 0 Å². The van der Waals surface area contributed by atoms with Crippen molar-refractivity contribution in [3.05, 3.63) is 78.4 Å². The third kappa shape index (κ3) is 6.32. The number of ether oxygens (including phenoxy) is 3. The standard InChI is InChI=1S/C28H26N2O7/c1-18(31)19-7-9-21(10-8-19)29-26(32)17-36-28(34)20-15-27(33)30(16-20)22-11-13-23(14-12-22)37-25-6-4-3-5-24(25)35-2/h3-14,20H,15-17H2,1-2H3,(H,29,32)/t20-/m0/s1. The van der Waals surface area contributed by atoms with Gasteiger partial charge >= 0.3 is 5.97 Å².